The van der Waals surface area contributed by atoms with Crippen LogP contribution in [0.15, 0.2) is 54.6 Å². The summed E-state index contributed by atoms with van der Waals surface area (Å²) in [7, 11) is 0. The number of fused-ring (bicyclic) bond motifs is 4. The Labute approximate surface area is 178 Å². The Kier molecular flexibility index (Phi) is 5.03. The largest absolute Gasteiger partial charge is 0.632 e. The van der Waals surface area contributed by atoms with Crippen LogP contribution in [0.4, 0.5) is 4.79 Å². The second-order valence-electron chi connectivity index (χ2n) is 9.02. The van der Waals surface area contributed by atoms with Gasteiger partial charge in [0.2, 0.25) is 0 Å². The van der Waals surface area contributed by atoms with Gasteiger partial charge in [-0.2, -0.15) is 0 Å². The van der Waals surface area contributed by atoms with Crippen LogP contribution in [0.5, 0.6) is 0 Å². The number of carbonyl (C=O) groups is 1. The number of hydrogen-bond donors (Lipinski definition) is 0. The Morgan fingerprint density at radius 1 is 1.10 bits per heavy atom. The molecule has 5 nitrogen and oxygen atoms in total. The number of amides is 1. The van der Waals surface area contributed by atoms with Crippen LogP contribution < -0.4 is 0 Å². The van der Waals surface area contributed by atoms with Crippen molar-refractivity contribution in [2.45, 2.75) is 50.8 Å². The van der Waals surface area contributed by atoms with Crippen LogP contribution in [0.1, 0.15) is 48.9 Å². The van der Waals surface area contributed by atoms with E-state index < -0.39 is 0 Å². The first-order valence-corrected chi connectivity index (χ1v) is 11.3. The molecule has 4 heterocycles. The van der Waals surface area contributed by atoms with E-state index in [1.165, 1.54) is 11.1 Å². The topological polar surface area (TPSA) is 52.6 Å². The molecule has 0 radical (unpaired) electrons. The van der Waals surface area contributed by atoms with Gasteiger partial charge in [-0.1, -0.05) is 61.5 Å². The van der Waals surface area contributed by atoms with Crippen molar-refractivity contribution in [3.63, 3.8) is 0 Å². The van der Waals surface area contributed by atoms with Crippen molar-refractivity contribution in [1.29, 1.82) is 0 Å². The molecule has 0 N–H and O–H groups in total. The maximum atomic E-state index is 13.5. The molecule has 3 atom stereocenters. The Hall–Kier alpha value is -2.37. The van der Waals surface area contributed by atoms with Gasteiger partial charge in [0, 0.05) is 31.7 Å². The molecular weight excluding hydrogens is 376 g/mol. The van der Waals surface area contributed by atoms with Gasteiger partial charge in [0.15, 0.2) is 6.10 Å². The van der Waals surface area contributed by atoms with Gasteiger partial charge in [-0.25, -0.2) is 4.79 Å². The van der Waals surface area contributed by atoms with Crippen LogP contribution in [0.2, 0.25) is 0 Å². The molecular formula is C25H30N2O3. The zero-order valence-corrected chi connectivity index (χ0v) is 17.6. The smallest absolute Gasteiger partial charge is 0.411 e. The molecule has 3 unspecified atom stereocenters. The molecule has 4 aliphatic rings. The highest BCUT2D eigenvalue weighted by molar-refractivity contribution is 5.70. The fraction of sp³-hybridized carbons (Fsp3) is 0.480. The maximum Gasteiger partial charge on any atom is 0.411 e. The Morgan fingerprint density at radius 2 is 1.80 bits per heavy atom. The number of ether oxygens (including phenoxy) is 1. The Bertz CT molecular complexity index is 908. The van der Waals surface area contributed by atoms with E-state index in [2.05, 4.69) is 30.3 Å². The standard InChI is InChI=1S/C25H30N2O3/c1-2-22-24(20-13-16-27(22,29)17-14-20)30-25(28)26-15-12-18-8-6-7-11-21(18)23(26)19-9-4-3-5-10-19/h3-11,20,22-24H,2,12-17H2,1H3. The molecule has 3 fully saturated rings. The minimum absolute atomic E-state index is 0.131. The number of quaternary nitrogens is 1. The number of nitrogens with zero attached hydrogens (tertiary/aromatic N) is 2. The first kappa shape index (κ1) is 19.6. The maximum absolute atomic E-state index is 13.5. The van der Waals surface area contributed by atoms with Crippen molar-refractivity contribution in [1.82, 2.24) is 4.90 Å². The molecule has 30 heavy (non-hydrogen) atoms. The van der Waals surface area contributed by atoms with Crippen molar-refractivity contribution >= 4 is 6.09 Å². The fourth-order valence-electron chi connectivity index (χ4n) is 5.95. The zero-order valence-electron chi connectivity index (χ0n) is 17.6. The number of piperidine rings is 3. The SMILES string of the molecule is CCC1C(OC(=O)N2CCc3ccccc3C2c2ccccc2)C2CC[N+]1([O-])CC2. The third-order valence-electron chi connectivity index (χ3n) is 7.49. The number of carbonyl (C=O) groups excluding carboxylic acids is 1. The summed E-state index contributed by atoms with van der Waals surface area (Å²) in [5, 5.41) is 13.2. The first-order chi connectivity index (χ1) is 14.6. The van der Waals surface area contributed by atoms with Gasteiger partial charge in [0.25, 0.3) is 0 Å². The molecule has 2 aromatic rings. The van der Waals surface area contributed by atoms with E-state index in [0.29, 0.717) is 25.6 Å². The van der Waals surface area contributed by atoms with Crippen molar-refractivity contribution in [2.75, 3.05) is 19.6 Å². The predicted octanol–water partition coefficient (Wildman–Crippen LogP) is 4.66. The normalized spacial score (nSPS) is 32.5. The van der Waals surface area contributed by atoms with Crippen molar-refractivity contribution in [3.8, 4) is 0 Å². The molecule has 158 valence electrons. The molecule has 1 amide bonds. The lowest BCUT2D eigenvalue weighted by Gasteiger charge is -2.60. The van der Waals surface area contributed by atoms with E-state index in [1.807, 2.05) is 36.1 Å². The van der Waals surface area contributed by atoms with Crippen LogP contribution in [0.3, 0.4) is 0 Å². The van der Waals surface area contributed by atoms with Gasteiger partial charge in [0.05, 0.1) is 19.1 Å². The average Bonchev–Trinajstić information content (AvgIpc) is 2.79. The third kappa shape index (κ3) is 3.21. The summed E-state index contributed by atoms with van der Waals surface area (Å²) >= 11 is 0. The summed E-state index contributed by atoms with van der Waals surface area (Å²) in [5.74, 6) is 0.320. The summed E-state index contributed by atoms with van der Waals surface area (Å²) in [6, 6.07) is 18.3. The van der Waals surface area contributed by atoms with Crippen molar-refractivity contribution in [2.24, 2.45) is 5.92 Å². The highest BCUT2D eigenvalue weighted by Gasteiger charge is 2.51. The lowest BCUT2D eigenvalue weighted by molar-refractivity contribution is -0.926. The lowest BCUT2D eigenvalue weighted by Crippen LogP contribution is -2.67. The third-order valence-corrected chi connectivity index (χ3v) is 7.49. The zero-order chi connectivity index (χ0) is 20.7. The Balaban J connectivity index is 1.45. The van der Waals surface area contributed by atoms with Crippen molar-refractivity contribution < 1.29 is 14.2 Å². The summed E-state index contributed by atoms with van der Waals surface area (Å²) in [4.78, 5) is 15.4. The number of benzene rings is 2. The van der Waals surface area contributed by atoms with Crippen molar-refractivity contribution in [3.05, 3.63) is 76.5 Å². The molecule has 4 aliphatic heterocycles. The molecule has 0 aliphatic carbocycles. The van der Waals surface area contributed by atoms with Gasteiger partial charge in [-0.3, -0.25) is 4.90 Å². The van der Waals surface area contributed by atoms with Crippen LogP contribution in [0.25, 0.3) is 0 Å². The molecule has 0 aromatic heterocycles. The average molecular weight is 407 g/mol. The molecule has 0 saturated carbocycles. The minimum Gasteiger partial charge on any atom is -0.632 e. The highest BCUT2D eigenvalue weighted by Crippen LogP contribution is 2.42. The highest BCUT2D eigenvalue weighted by atomic mass is 16.6. The minimum atomic E-state index is -0.276. The van der Waals surface area contributed by atoms with E-state index >= 15 is 0 Å². The van der Waals surface area contributed by atoms with Crippen LogP contribution >= 0.6 is 0 Å². The van der Waals surface area contributed by atoms with Crippen LogP contribution in [-0.4, -0.2) is 47.4 Å². The molecule has 3 saturated heterocycles. The molecule has 5 heteroatoms. The molecule has 2 bridgehead atoms. The Morgan fingerprint density at radius 3 is 2.53 bits per heavy atom. The van der Waals surface area contributed by atoms with E-state index in [-0.39, 0.29) is 28.9 Å². The quantitative estimate of drug-likeness (QED) is 0.550. The molecule has 6 rings (SSSR count). The summed E-state index contributed by atoms with van der Waals surface area (Å²) in [6.07, 6.45) is 2.76. The summed E-state index contributed by atoms with van der Waals surface area (Å²) < 4.78 is 5.99. The van der Waals surface area contributed by atoms with E-state index in [9.17, 15) is 10.0 Å². The number of rotatable bonds is 3. The molecule has 0 spiro atoms. The monoisotopic (exact) mass is 406 g/mol. The lowest BCUT2D eigenvalue weighted by atomic mass is 9.79. The number of hydroxylamine groups is 3. The predicted molar refractivity (Wildman–Crippen MR) is 116 cm³/mol. The fourth-order valence-corrected chi connectivity index (χ4v) is 5.95. The van der Waals surface area contributed by atoms with E-state index in [0.717, 1.165) is 31.2 Å². The first-order valence-electron chi connectivity index (χ1n) is 11.3. The van der Waals surface area contributed by atoms with Gasteiger partial charge in [0.1, 0.15) is 6.04 Å². The summed E-state index contributed by atoms with van der Waals surface area (Å²) in [6.45, 7) is 4.01. The summed E-state index contributed by atoms with van der Waals surface area (Å²) in [5.41, 5.74) is 3.55. The molecule has 2 aromatic carbocycles. The second-order valence-corrected chi connectivity index (χ2v) is 9.02. The van der Waals surface area contributed by atoms with Crippen LogP contribution in [-0.2, 0) is 11.2 Å². The van der Waals surface area contributed by atoms with Gasteiger partial charge < -0.3 is 14.6 Å². The van der Waals surface area contributed by atoms with Gasteiger partial charge in [-0.05, 0) is 23.1 Å². The van der Waals surface area contributed by atoms with Crippen LogP contribution in [0, 0.1) is 11.1 Å². The van der Waals surface area contributed by atoms with Gasteiger partial charge in [-0.15, -0.1) is 0 Å². The van der Waals surface area contributed by atoms with Gasteiger partial charge >= 0.3 is 6.09 Å². The van der Waals surface area contributed by atoms with E-state index in [4.69, 9.17) is 4.74 Å². The van der Waals surface area contributed by atoms with E-state index in [1.54, 1.807) is 0 Å². The second kappa shape index (κ2) is 7.71. The number of hydrogen-bond acceptors (Lipinski definition) is 3.